The first-order chi connectivity index (χ1) is 9.69. The Bertz CT molecular complexity index is 404. The molecule has 0 bridgehead atoms. The molecule has 110 valence electrons. The molecular formula is C16H25N3O. The van der Waals surface area contributed by atoms with Crippen LogP contribution in [0.2, 0.25) is 0 Å². The number of nitriles is 1. The Balaban J connectivity index is 1.92. The lowest BCUT2D eigenvalue weighted by molar-refractivity contribution is -0.118. The summed E-state index contributed by atoms with van der Waals surface area (Å²) in [7, 11) is 0. The van der Waals surface area contributed by atoms with E-state index in [1.165, 1.54) is 25.7 Å². The minimum atomic E-state index is -0.197. The minimum absolute atomic E-state index is 0.197. The van der Waals surface area contributed by atoms with Crippen LogP contribution < -0.4 is 5.32 Å². The summed E-state index contributed by atoms with van der Waals surface area (Å²) in [5.41, 5.74) is 0.254. The van der Waals surface area contributed by atoms with Crippen molar-refractivity contribution in [2.45, 2.75) is 57.9 Å². The van der Waals surface area contributed by atoms with Gasteiger partial charge in [0.05, 0.1) is 0 Å². The van der Waals surface area contributed by atoms with Gasteiger partial charge in [0.25, 0.3) is 5.91 Å². The summed E-state index contributed by atoms with van der Waals surface area (Å²) in [6, 6.07) is 2.32. The lowest BCUT2D eigenvalue weighted by Crippen LogP contribution is -2.38. The van der Waals surface area contributed by atoms with E-state index in [0.717, 1.165) is 32.4 Å². The smallest absolute Gasteiger partial charge is 0.263 e. The largest absolute Gasteiger partial charge is 0.376 e. The molecule has 1 saturated carbocycles. The molecule has 2 aliphatic rings. The number of likely N-dealkylation sites (tertiary alicyclic amines) is 1. The quantitative estimate of drug-likeness (QED) is 0.636. The first kappa shape index (κ1) is 14.9. The van der Waals surface area contributed by atoms with Crippen LogP contribution in [0.15, 0.2) is 11.8 Å². The Morgan fingerprint density at radius 2 is 2.00 bits per heavy atom. The van der Waals surface area contributed by atoms with E-state index in [0.29, 0.717) is 5.92 Å². The average molecular weight is 275 g/mol. The van der Waals surface area contributed by atoms with Gasteiger partial charge in [-0.05, 0) is 31.6 Å². The number of nitrogens with one attached hydrogen (secondary N) is 1. The fourth-order valence-corrected chi connectivity index (χ4v) is 3.17. The van der Waals surface area contributed by atoms with Crippen molar-refractivity contribution in [3.05, 3.63) is 11.8 Å². The second-order valence-electron chi connectivity index (χ2n) is 6.21. The lowest BCUT2D eigenvalue weighted by Gasteiger charge is -2.30. The van der Waals surface area contributed by atoms with Gasteiger partial charge in [-0.2, -0.15) is 5.26 Å². The van der Waals surface area contributed by atoms with Crippen LogP contribution in [0.1, 0.15) is 51.9 Å². The van der Waals surface area contributed by atoms with Gasteiger partial charge in [-0.15, -0.1) is 0 Å². The van der Waals surface area contributed by atoms with E-state index < -0.39 is 0 Å². The number of nitrogens with zero attached hydrogens (tertiary/aromatic N) is 2. The monoisotopic (exact) mass is 275 g/mol. The van der Waals surface area contributed by atoms with Crippen LogP contribution in [0.3, 0.4) is 0 Å². The summed E-state index contributed by atoms with van der Waals surface area (Å²) >= 11 is 0. The molecule has 1 amide bonds. The Morgan fingerprint density at radius 3 is 2.65 bits per heavy atom. The van der Waals surface area contributed by atoms with Gasteiger partial charge in [-0.25, -0.2) is 0 Å². The zero-order valence-corrected chi connectivity index (χ0v) is 12.4. The molecule has 0 aromatic rings. The minimum Gasteiger partial charge on any atom is -0.376 e. The van der Waals surface area contributed by atoms with Crippen LogP contribution in [0, 0.1) is 17.2 Å². The normalized spacial score (nSPS) is 25.1. The zero-order valence-electron chi connectivity index (χ0n) is 12.4. The van der Waals surface area contributed by atoms with Crippen LogP contribution in [-0.4, -0.2) is 29.9 Å². The van der Waals surface area contributed by atoms with Gasteiger partial charge in [-0.3, -0.25) is 4.79 Å². The van der Waals surface area contributed by atoms with Crippen LogP contribution in [0.5, 0.6) is 0 Å². The highest BCUT2D eigenvalue weighted by Gasteiger charge is 2.20. The summed E-state index contributed by atoms with van der Waals surface area (Å²) in [6.45, 7) is 4.11. The van der Waals surface area contributed by atoms with Gasteiger partial charge in [0.1, 0.15) is 11.6 Å². The van der Waals surface area contributed by atoms with Crippen molar-refractivity contribution in [2.24, 2.45) is 5.92 Å². The van der Waals surface area contributed by atoms with Crippen molar-refractivity contribution in [3.63, 3.8) is 0 Å². The van der Waals surface area contributed by atoms with Crippen molar-refractivity contribution in [2.75, 3.05) is 13.1 Å². The van der Waals surface area contributed by atoms with Gasteiger partial charge in [0.2, 0.25) is 0 Å². The molecule has 0 aromatic carbocycles. The van der Waals surface area contributed by atoms with Crippen LogP contribution >= 0.6 is 0 Å². The fraction of sp³-hybridized carbons (Fsp3) is 0.750. The Hall–Kier alpha value is -1.50. The summed E-state index contributed by atoms with van der Waals surface area (Å²) in [6.07, 6.45) is 9.85. The average Bonchev–Trinajstić information content (AvgIpc) is 2.46. The summed E-state index contributed by atoms with van der Waals surface area (Å²) in [4.78, 5) is 14.3. The predicted molar refractivity (Wildman–Crippen MR) is 78.7 cm³/mol. The molecule has 0 radical (unpaired) electrons. The molecule has 1 heterocycles. The molecule has 1 atom stereocenters. The SMILES string of the molecule is CC1CCCN(/C=C(/C#N)C(=O)NC2CCCCC2)C1. The van der Waals surface area contributed by atoms with Crippen molar-refractivity contribution >= 4 is 5.91 Å². The zero-order chi connectivity index (χ0) is 14.4. The predicted octanol–water partition coefficient (Wildman–Crippen LogP) is 2.57. The Morgan fingerprint density at radius 1 is 1.25 bits per heavy atom. The first-order valence-corrected chi connectivity index (χ1v) is 7.86. The molecule has 20 heavy (non-hydrogen) atoms. The molecule has 1 N–H and O–H groups in total. The lowest BCUT2D eigenvalue weighted by atomic mass is 9.95. The molecular weight excluding hydrogens is 250 g/mol. The second kappa shape index (κ2) is 7.33. The summed E-state index contributed by atoms with van der Waals surface area (Å²) < 4.78 is 0. The van der Waals surface area contributed by atoms with Crippen LogP contribution in [0.25, 0.3) is 0 Å². The number of amides is 1. The van der Waals surface area contributed by atoms with E-state index in [9.17, 15) is 10.1 Å². The summed E-state index contributed by atoms with van der Waals surface area (Å²) in [5, 5.41) is 12.2. The van der Waals surface area contributed by atoms with Crippen molar-refractivity contribution in [1.29, 1.82) is 5.26 Å². The standard InChI is InChI=1S/C16H25N3O/c1-13-6-5-9-19(11-13)12-14(10-17)16(20)18-15-7-3-2-4-8-15/h12-13,15H,2-9,11H2,1H3,(H,18,20)/b14-12-. The molecule has 1 unspecified atom stereocenters. The van der Waals surface area contributed by atoms with Crippen LogP contribution in [0.4, 0.5) is 0 Å². The highest BCUT2D eigenvalue weighted by molar-refractivity contribution is 5.97. The molecule has 4 nitrogen and oxygen atoms in total. The van der Waals surface area contributed by atoms with E-state index >= 15 is 0 Å². The molecule has 2 rings (SSSR count). The molecule has 2 fully saturated rings. The van der Waals surface area contributed by atoms with E-state index in [1.807, 2.05) is 0 Å². The van der Waals surface area contributed by atoms with E-state index in [2.05, 4.69) is 23.2 Å². The topological polar surface area (TPSA) is 56.1 Å². The van der Waals surface area contributed by atoms with E-state index in [4.69, 9.17) is 0 Å². The molecule has 0 spiro atoms. The number of hydrogen-bond acceptors (Lipinski definition) is 3. The van der Waals surface area contributed by atoms with Crippen molar-refractivity contribution in [1.82, 2.24) is 10.2 Å². The third-order valence-electron chi connectivity index (χ3n) is 4.31. The Labute approximate surface area is 121 Å². The molecule has 1 aliphatic heterocycles. The van der Waals surface area contributed by atoms with Gasteiger partial charge >= 0.3 is 0 Å². The van der Waals surface area contributed by atoms with Gasteiger partial charge in [0, 0.05) is 25.3 Å². The third-order valence-corrected chi connectivity index (χ3v) is 4.31. The molecule has 4 heteroatoms. The fourth-order valence-electron chi connectivity index (χ4n) is 3.17. The van der Waals surface area contributed by atoms with Crippen LogP contribution in [-0.2, 0) is 4.79 Å². The van der Waals surface area contributed by atoms with Crippen molar-refractivity contribution < 1.29 is 4.79 Å². The third kappa shape index (κ3) is 4.26. The highest BCUT2D eigenvalue weighted by atomic mass is 16.1. The Kier molecular flexibility index (Phi) is 5.46. The maximum atomic E-state index is 12.2. The number of carbonyl (C=O) groups excluding carboxylic acids is 1. The van der Waals surface area contributed by atoms with Gasteiger partial charge in [0.15, 0.2) is 0 Å². The van der Waals surface area contributed by atoms with E-state index in [1.54, 1.807) is 6.20 Å². The molecule has 1 aliphatic carbocycles. The first-order valence-electron chi connectivity index (χ1n) is 7.86. The van der Waals surface area contributed by atoms with Gasteiger partial charge < -0.3 is 10.2 Å². The maximum Gasteiger partial charge on any atom is 0.263 e. The van der Waals surface area contributed by atoms with Crippen molar-refractivity contribution in [3.8, 4) is 6.07 Å². The number of carbonyl (C=O) groups is 1. The number of hydrogen-bond donors (Lipinski definition) is 1. The number of rotatable bonds is 3. The highest BCUT2D eigenvalue weighted by Crippen LogP contribution is 2.19. The second-order valence-corrected chi connectivity index (χ2v) is 6.21. The van der Waals surface area contributed by atoms with E-state index in [-0.39, 0.29) is 17.5 Å². The van der Waals surface area contributed by atoms with Gasteiger partial charge in [-0.1, -0.05) is 26.2 Å². The maximum absolute atomic E-state index is 12.2. The number of piperidine rings is 1. The summed E-state index contributed by atoms with van der Waals surface area (Å²) in [5.74, 6) is 0.443. The molecule has 0 aromatic heterocycles. The molecule has 1 saturated heterocycles.